The fraction of sp³-hybridized carbons (Fsp3) is 0.467. The molecule has 0 radical (unpaired) electrons. The average Bonchev–Trinajstić information content (AvgIpc) is 2.91. The van der Waals surface area contributed by atoms with E-state index in [4.69, 9.17) is 4.52 Å². The molecule has 0 saturated carbocycles. The van der Waals surface area contributed by atoms with Gasteiger partial charge in [-0.3, -0.25) is 4.79 Å². The number of hydrogen-bond donors (Lipinski definition) is 2. The molecule has 1 aliphatic rings. The summed E-state index contributed by atoms with van der Waals surface area (Å²) >= 11 is 0. The van der Waals surface area contributed by atoms with E-state index >= 15 is 0 Å². The first kappa shape index (κ1) is 14.5. The molecule has 0 spiro atoms. The van der Waals surface area contributed by atoms with Gasteiger partial charge in [0.25, 0.3) is 5.91 Å². The van der Waals surface area contributed by atoms with Crippen LogP contribution in [0.5, 0.6) is 0 Å². The summed E-state index contributed by atoms with van der Waals surface area (Å²) in [7, 11) is 0. The van der Waals surface area contributed by atoms with Crippen molar-refractivity contribution in [1.82, 2.24) is 20.4 Å². The summed E-state index contributed by atoms with van der Waals surface area (Å²) in [5.41, 5.74) is 2.15. The van der Waals surface area contributed by atoms with E-state index in [1.807, 2.05) is 26.8 Å². The number of anilines is 1. The number of amides is 1. The summed E-state index contributed by atoms with van der Waals surface area (Å²) in [6, 6.07) is 1.87. The van der Waals surface area contributed by atoms with Crippen molar-refractivity contribution in [3.8, 4) is 0 Å². The molecule has 0 aliphatic carbocycles. The van der Waals surface area contributed by atoms with Crippen molar-refractivity contribution in [1.29, 1.82) is 0 Å². The first-order valence-corrected chi connectivity index (χ1v) is 7.39. The van der Waals surface area contributed by atoms with E-state index < -0.39 is 0 Å². The van der Waals surface area contributed by atoms with Gasteiger partial charge in [0.2, 0.25) is 0 Å². The summed E-state index contributed by atoms with van der Waals surface area (Å²) < 4.78 is 5.06. The van der Waals surface area contributed by atoms with Gasteiger partial charge in [0.05, 0.1) is 6.54 Å². The molecule has 22 heavy (non-hydrogen) atoms. The van der Waals surface area contributed by atoms with Crippen LogP contribution in [0.15, 0.2) is 10.6 Å². The normalized spacial score (nSPS) is 13.9. The highest BCUT2D eigenvalue weighted by Gasteiger charge is 2.24. The summed E-state index contributed by atoms with van der Waals surface area (Å²) in [5, 5.41) is 10.0. The monoisotopic (exact) mass is 301 g/mol. The first-order chi connectivity index (χ1) is 10.5. The molecular formula is C15H19N5O2. The van der Waals surface area contributed by atoms with E-state index in [2.05, 4.69) is 25.8 Å². The Kier molecular flexibility index (Phi) is 3.79. The second kappa shape index (κ2) is 5.75. The molecule has 2 aromatic heterocycles. The largest absolute Gasteiger partial charge is 0.364 e. The van der Waals surface area contributed by atoms with Crippen LogP contribution in [0.25, 0.3) is 0 Å². The van der Waals surface area contributed by atoms with Gasteiger partial charge >= 0.3 is 0 Å². The first-order valence-electron chi connectivity index (χ1n) is 7.39. The van der Waals surface area contributed by atoms with E-state index in [-0.39, 0.29) is 11.8 Å². The Morgan fingerprint density at radius 2 is 2.23 bits per heavy atom. The Morgan fingerprint density at radius 1 is 1.41 bits per heavy atom. The van der Waals surface area contributed by atoms with Gasteiger partial charge in [-0.1, -0.05) is 19.0 Å². The van der Waals surface area contributed by atoms with Crippen molar-refractivity contribution in [3.05, 3.63) is 34.6 Å². The van der Waals surface area contributed by atoms with Crippen molar-refractivity contribution in [2.24, 2.45) is 0 Å². The number of nitrogens with zero attached hydrogens (tertiary/aromatic N) is 3. The fourth-order valence-electron chi connectivity index (χ4n) is 2.39. The summed E-state index contributed by atoms with van der Waals surface area (Å²) in [5.74, 6) is 2.16. The second-order valence-corrected chi connectivity index (χ2v) is 5.70. The maximum absolute atomic E-state index is 12.0. The van der Waals surface area contributed by atoms with Gasteiger partial charge in [-0.25, -0.2) is 9.97 Å². The molecule has 7 nitrogen and oxygen atoms in total. The van der Waals surface area contributed by atoms with Gasteiger partial charge < -0.3 is 15.2 Å². The van der Waals surface area contributed by atoms with Crippen molar-refractivity contribution in [3.63, 3.8) is 0 Å². The Labute approximate surface area is 128 Å². The molecule has 0 saturated heterocycles. The SMILES string of the molecule is Cc1cc(CNc2nc(C(C)C)nc3c2CCNC3=O)no1. The Morgan fingerprint density at radius 3 is 2.91 bits per heavy atom. The number of carbonyl (C=O) groups excluding carboxylic acids is 1. The maximum Gasteiger partial charge on any atom is 0.270 e. The molecule has 2 N–H and O–H groups in total. The lowest BCUT2D eigenvalue weighted by Crippen LogP contribution is -2.34. The number of rotatable bonds is 4. The highest BCUT2D eigenvalue weighted by Crippen LogP contribution is 2.23. The third kappa shape index (κ3) is 2.79. The summed E-state index contributed by atoms with van der Waals surface area (Å²) in [6.07, 6.45) is 0.722. The van der Waals surface area contributed by atoms with Gasteiger partial charge in [-0.2, -0.15) is 0 Å². The maximum atomic E-state index is 12.0. The van der Waals surface area contributed by atoms with Gasteiger partial charge in [-0.05, 0) is 13.3 Å². The second-order valence-electron chi connectivity index (χ2n) is 5.70. The minimum Gasteiger partial charge on any atom is -0.364 e. The standard InChI is InChI=1S/C15H19N5O2/c1-8(2)13-18-12-11(4-5-16-15(12)21)14(19-13)17-7-10-6-9(3)22-20-10/h6,8H,4-5,7H2,1-3H3,(H,16,21)(H,17,18,19). The molecular weight excluding hydrogens is 282 g/mol. The molecule has 0 fully saturated rings. The minimum absolute atomic E-state index is 0.133. The molecule has 3 heterocycles. The van der Waals surface area contributed by atoms with Crippen LogP contribution in [0.3, 0.4) is 0 Å². The molecule has 7 heteroatoms. The van der Waals surface area contributed by atoms with E-state index in [0.29, 0.717) is 30.4 Å². The lowest BCUT2D eigenvalue weighted by Gasteiger charge is -2.20. The number of nitrogens with one attached hydrogen (secondary N) is 2. The van der Waals surface area contributed by atoms with Crippen LogP contribution in [0.1, 0.15) is 53.1 Å². The van der Waals surface area contributed by atoms with Gasteiger partial charge in [0.1, 0.15) is 28.8 Å². The molecule has 0 aromatic carbocycles. The molecule has 0 bridgehead atoms. The van der Waals surface area contributed by atoms with Crippen LogP contribution in [0, 0.1) is 6.92 Å². The molecule has 2 aromatic rings. The van der Waals surface area contributed by atoms with Gasteiger partial charge in [0.15, 0.2) is 0 Å². The average molecular weight is 301 g/mol. The smallest absolute Gasteiger partial charge is 0.270 e. The van der Waals surface area contributed by atoms with Crippen molar-refractivity contribution >= 4 is 11.7 Å². The van der Waals surface area contributed by atoms with E-state index in [1.54, 1.807) is 0 Å². The third-order valence-corrected chi connectivity index (χ3v) is 3.53. The number of aromatic nitrogens is 3. The van der Waals surface area contributed by atoms with Crippen LogP contribution >= 0.6 is 0 Å². The lowest BCUT2D eigenvalue weighted by atomic mass is 10.1. The molecule has 1 aliphatic heterocycles. The Bertz CT molecular complexity index is 708. The fourth-order valence-corrected chi connectivity index (χ4v) is 2.39. The van der Waals surface area contributed by atoms with E-state index in [0.717, 1.165) is 23.4 Å². The van der Waals surface area contributed by atoms with Crippen LogP contribution in [0.2, 0.25) is 0 Å². The number of fused-ring (bicyclic) bond motifs is 1. The number of hydrogen-bond acceptors (Lipinski definition) is 6. The molecule has 3 rings (SSSR count). The number of aryl methyl sites for hydroxylation is 1. The zero-order valence-corrected chi connectivity index (χ0v) is 12.9. The van der Waals surface area contributed by atoms with Crippen LogP contribution < -0.4 is 10.6 Å². The summed E-state index contributed by atoms with van der Waals surface area (Å²) in [6.45, 7) is 6.97. The van der Waals surface area contributed by atoms with Crippen LogP contribution in [-0.4, -0.2) is 27.6 Å². The van der Waals surface area contributed by atoms with Gasteiger partial charge in [0, 0.05) is 24.1 Å². The van der Waals surface area contributed by atoms with Crippen molar-refractivity contribution in [2.45, 2.75) is 39.7 Å². The lowest BCUT2D eigenvalue weighted by molar-refractivity contribution is 0.0940. The van der Waals surface area contributed by atoms with E-state index in [9.17, 15) is 4.79 Å². The predicted molar refractivity (Wildman–Crippen MR) is 80.7 cm³/mol. The topological polar surface area (TPSA) is 92.9 Å². The zero-order valence-electron chi connectivity index (χ0n) is 12.9. The third-order valence-electron chi connectivity index (χ3n) is 3.53. The zero-order chi connectivity index (χ0) is 15.7. The van der Waals surface area contributed by atoms with E-state index in [1.165, 1.54) is 0 Å². The number of carbonyl (C=O) groups is 1. The molecule has 0 atom stereocenters. The highest BCUT2D eigenvalue weighted by molar-refractivity contribution is 5.96. The van der Waals surface area contributed by atoms with Crippen molar-refractivity contribution in [2.75, 3.05) is 11.9 Å². The Balaban J connectivity index is 1.92. The Hall–Kier alpha value is -2.44. The molecule has 0 unspecified atom stereocenters. The molecule has 1 amide bonds. The van der Waals surface area contributed by atoms with Crippen molar-refractivity contribution < 1.29 is 9.32 Å². The molecule has 116 valence electrons. The van der Waals surface area contributed by atoms with Crippen LogP contribution in [-0.2, 0) is 13.0 Å². The summed E-state index contributed by atoms with van der Waals surface area (Å²) in [4.78, 5) is 21.0. The predicted octanol–water partition coefficient (Wildman–Crippen LogP) is 1.79. The van der Waals surface area contributed by atoms with Crippen LogP contribution in [0.4, 0.5) is 5.82 Å². The quantitative estimate of drug-likeness (QED) is 0.894. The van der Waals surface area contributed by atoms with Gasteiger partial charge in [-0.15, -0.1) is 0 Å². The minimum atomic E-state index is -0.133. The highest BCUT2D eigenvalue weighted by atomic mass is 16.5.